The van der Waals surface area contributed by atoms with Crippen molar-refractivity contribution in [1.29, 1.82) is 0 Å². The van der Waals surface area contributed by atoms with Gasteiger partial charge in [-0.05, 0) is 30.3 Å². The van der Waals surface area contributed by atoms with Crippen LogP contribution < -0.4 is 26.2 Å². The van der Waals surface area contributed by atoms with E-state index >= 15 is 0 Å². The summed E-state index contributed by atoms with van der Waals surface area (Å²) in [5.41, 5.74) is 5.83. The molecule has 0 saturated heterocycles. The fraction of sp³-hybridized carbons (Fsp3) is 0.0556. The average Bonchev–Trinajstić information content (AvgIpc) is 2.69. The molecule has 3 rings (SSSR count). The Hall–Kier alpha value is -3.77. The summed E-state index contributed by atoms with van der Waals surface area (Å²) < 4.78 is 42.3. The molecular formula is C18H17FN6O4S. The van der Waals surface area contributed by atoms with E-state index in [-0.39, 0.29) is 23.3 Å². The minimum absolute atomic E-state index is 0.0200. The molecule has 0 unspecified atom stereocenters. The predicted octanol–water partition coefficient (Wildman–Crippen LogP) is 1.61. The number of primary amides is 1. The lowest BCUT2D eigenvalue weighted by Gasteiger charge is -2.11. The maximum Gasteiger partial charge on any atom is 0.255 e. The van der Waals surface area contributed by atoms with Crippen molar-refractivity contribution in [3.8, 4) is 5.75 Å². The molecule has 1 heterocycles. The summed E-state index contributed by atoms with van der Waals surface area (Å²) in [5, 5.41) is 10.7. The first kappa shape index (κ1) is 21.0. The van der Waals surface area contributed by atoms with Crippen LogP contribution in [0.3, 0.4) is 0 Å². The Labute approximate surface area is 171 Å². The first-order valence-electron chi connectivity index (χ1n) is 8.41. The van der Waals surface area contributed by atoms with Crippen molar-refractivity contribution in [3.63, 3.8) is 0 Å². The lowest BCUT2D eigenvalue weighted by molar-refractivity contribution is -0.119. The fourth-order valence-corrected chi connectivity index (χ4v) is 2.91. The average molecular weight is 432 g/mol. The van der Waals surface area contributed by atoms with Crippen LogP contribution in [0.15, 0.2) is 59.6 Å². The van der Waals surface area contributed by atoms with Crippen molar-refractivity contribution in [2.24, 2.45) is 10.9 Å². The minimum atomic E-state index is -3.88. The largest absolute Gasteiger partial charge is 0.484 e. The van der Waals surface area contributed by atoms with Crippen molar-refractivity contribution in [3.05, 3.63) is 60.5 Å². The number of aromatic nitrogens is 2. The summed E-state index contributed by atoms with van der Waals surface area (Å²) in [4.78, 5) is 18.6. The number of halogens is 1. The van der Waals surface area contributed by atoms with E-state index in [0.717, 1.165) is 6.20 Å². The molecule has 0 fully saturated rings. The maximum atomic E-state index is 14.2. The summed E-state index contributed by atoms with van der Waals surface area (Å²) in [6.07, 6.45) is 0.953. The number of amides is 1. The minimum Gasteiger partial charge on any atom is -0.484 e. The van der Waals surface area contributed by atoms with Crippen LogP contribution in [0.4, 0.5) is 27.5 Å². The maximum absolute atomic E-state index is 14.2. The number of carbonyl (C=O) groups is 1. The van der Waals surface area contributed by atoms with Gasteiger partial charge in [0.2, 0.25) is 16.0 Å². The second kappa shape index (κ2) is 8.71. The number of hydrogen-bond acceptors (Lipinski definition) is 8. The van der Waals surface area contributed by atoms with E-state index in [1.165, 1.54) is 24.3 Å². The molecule has 1 amide bonds. The van der Waals surface area contributed by atoms with Gasteiger partial charge >= 0.3 is 0 Å². The zero-order valence-electron chi connectivity index (χ0n) is 15.4. The molecule has 0 aliphatic heterocycles. The molecule has 1 aromatic heterocycles. The summed E-state index contributed by atoms with van der Waals surface area (Å²) in [5.74, 6) is -1.11. The van der Waals surface area contributed by atoms with E-state index in [9.17, 15) is 17.6 Å². The van der Waals surface area contributed by atoms with Crippen LogP contribution in [-0.2, 0) is 14.8 Å². The van der Waals surface area contributed by atoms with Gasteiger partial charge < -0.3 is 21.1 Å². The van der Waals surface area contributed by atoms with Crippen LogP contribution in [-0.4, -0.2) is 30.9 Å². The standard InChI is InChI=1S/C18H17FN6O4S/c19-15-9-22-18(24-12-4-2-6-14(8-12)30(21,27)28)25-17(15)23-11-3-1-5-13(7-11)29-10-16(20)26/h1-9H,10H2,(H2,20,26)(H2,21,27,28)(H2,22,23,24,25). The Kier molecular flexibility index (Phi) is 6.09. The smallest absolute Gasteiger partial charge is 0.255 e. The van der Waals surface area contributed by atoms with Gasteiger partial charge in [-0.1, -0.05) is 12.1 Å². The van der Waals surface area contributed by atoms with E-state index in [0.29, 0.717) is 17.1 Å². The first-order valence-corrected chi connectivity index (χ1v) is 9.96. The third-order valence-corrected chi connectivity index (χ3v) is 4.55. The molecule has 6 N–H and O–H groups in total. The molecule has 0 spiro atoms. The second-order valence-electron chi connectivity index (χ2n) is 6.00. The van der Waals surface area contributed by atoms with E-state index < -0.39 is 21.7 Å². The van der Waals surface area contributed by atoms with Crippen molar-refractivity contribution in [2.45, 2.75) is 4.90 Å². The summed E-state index contributed by atoms with van der Waals surface area (Å²) in [6, 6.07) is 12.1. The lowest BCUT2D eigenvalue weighted by Crippen LogP contribution is -2.20. The van der Waals surface area contributed by atoms with Gasteiger partial charge in [-0.25, -0.2) is 22.9 Å². The highest BCUT2D eigenvalue weighted by Gasteiger charge is 2.11. The number of nitrogens with one attached hydrogen (secondary N) is 2. The van der Waals surface area contributed by atoms with E-state index in [4.69, 9.17) is 15.6 Å². The molecule has 0 atom stereocenters. The summed E-state index contributed by atoms with van der Waals surface area (Å²) in [6.45, 7) is -0.295. The fourth-order valence-electron chi connectivity index (χ4n) is 2.35. The zero-order chi connectivity index (χ0) is 21.7. The number of rotatable bonds is 8. The number of primary sulfonamides is 1. The Morgan fingerprint density at radius 1 is 1.10 bits per heavy atom. The number of nitrogens with zero attached hydrogens (tertiary/aromatic N) is 2. The van der Waals surface area contributed by atoms with E-state index in [1.54, 1.807) is 24.3 Å². The van der Waals surface area contributed by atoms with E-state index in [1.807, 2.05) is 0 Å². The normalized spacial score (nSPS) is 11.0. The van der Waals surface area contributed by atoms with Gasteiger partial charge in [0.1, 0.15) is 5.75 Å². The molecule has 2 aromatic carbocycles. The van der Waals surface area contributed by atoms with Gasteiger partial charge in [0.25, 0.3) is 5.91 Å². The highest BCUT2D eigenvalue weighted by molar-refractivity contribution is 7.89. The van der Waals surface area contributed by atoms with Crippen molar-refractivity contribution in [2.75, 3.05) is 17.2 Å². The summed E-state index contributed by atoms with van der Waals surface area (Å²) >= 11 is 0. The summed E-state index contributed by atoms with van der Waals surface area (Å²) in [7, 11) is -3.88. The lowest BCUT2D eigenvalue weighted by atomic mass is 10.3. The SMILES string of the molecule is NC(=O)COc1cccc(Nc2nc(Nc3cccc(S(N)(=O)=O)c3)ncc2F)c1. The number of hydrogen-bond donors (Lipinski definition) is 4. The first-order chi connectivity index (χ1) is 14.2. The highest BCUT2D eigenvalue weighted by atomic mass is 32.2. The number of anilines is 4. The van der Waals surface area contributed by atoms with Crippen molar-refractivity contribution < 1.29 is 22.3 Å². The van der Waals surface area contributed by atoms with Crippen LogP contribution in [0.25, 0.3) is 0 Å². The Balaban J connectivity index is 1.79. The number of benzene rings is 2. The molecule has 0 aliphatic rings. The van der Waals surface area contributed by atoms with Crippen LogP contribution in [0, 0.1) is 5.82 Å². The predicted molar refractivity (Wildman–Crippen MR) is 108 cm³/mol. The number of ether oxygens (including phenoxy) is 1. The van der Waals surface area contributed by atoms with Gasteiger partial charge in [0, 0.05) is 17.4 Å². The topological polar surface area (TPSA) is 162 Å². The molecule has 0 radical (unpaired) electrons. The Bertz CT molecular complexity index is 1190. The molecular weight excluding hydrogens is 415 g/mol. The third-order valence-electron chi connectivity index (χ3n) is 3.64. The van der Waals surface area contributed by atoms with Crippen molar-refractivity contribution in [1.82, 2.24) is 9.97 Å². The monoisotopic (exact) mass is 432 g/mol. The molecule has 0 saturated carbocycles. The van der Waals surface area contributed by atoms with Gasteiger partial charge in [0.15, 0.2) is 18.2 Å². The van der Waals surface area contributed by atoms with Gasteiger partial charge in [-0.2, -0.15) is 4.98 Å². The second-order valence-corrected chi connectivity index (χ2v) is 7.56. The molecule has 3 aromatic rings. The number of carbonyl (C=O) groups excluding carboxylic acids is 1. The van der Waals surface area contributed by atoms with Crippen LogP contribution in [0.2, 0.25) is 0 Å². The molecule has 10 nitrogen and oxygen atoms in total. The highest BCUT2D eigenvalue weighted by Crippen LogP contribution is 2.24. The molecule has 30 heavy (non-hydrogen) atoms. The van der Waals surface area contributed by atoms with Gasteiger partial charge in [0.05, 0.1) is 11.1 Å². The molecule has 0 bridgehead atoms. The quantitative estimate of drug-likeness (QED) is 0.417. The van der Waals surface area contributed by atoms with Crippen LogP contribution in [0.1, 0.15) is 0 Å². The van der Waals surface area contributed by atoms with Gasteiger partial charge in [-0.15, -0.1) is 0 Å². The number of nitrogens with two attached hydrogens (primary N) is 2. The van der Waals surface area contributed by atoms with Crippen LogP contribution in [0.5, 0.6) is 5.75 Å². The van der Waals surface area contributed by atoms with Crippen molar-refractivity contribution >= 4 is 39.1 Å². The van der Waals surface area contributed by atoms with E-state index in [2.05, 4.69) is 20.6 Å². The Morgan fingerprint density at radius 2 is 1.80 bits per heavy atom. The molecule has 156 valence electrons. The van der Waals surface area contributed by atoms with Gasteiger partial charge in [-0.3, -0.25) is 4.79 Å². The zero-order valence-corrected chi connectivity index (χ0v) is 16.2. The molecule has 0 aliphatic carbocycles. The third kappa shape index (κ3) is 5.62. The Morgan fingerprint density at radius 3 is 2.50 bits per heavy atom. The molecule has 12 heteroatoms. The van der Waals surface area contributed by atoms with Crippen LogP contribution >= 0.6 is 0 Å². The number of sulfonamides is 1.